The summed E-state index contributed by atoms with van der Waals surface area (Å²) in [5, 5.41) is 0. The standard InChI is InChI=1S/C23H31N3O6/c1-7-31-23(29)19-14(4)20(24-15(19)5)22(28)26-25-21(27)16-8-9-17(18(12-16)30-6)32-11-10-13(2)3/h8-9,12-13,24H,7,10-11H2,1-6H3,(H,25,27)(H,26,28). The molecule has 32 heavy (non-hydrogen) atoms. The molecule has 0 saturated carbocycles. The molecule has 2 aromatic rings. The van der Waals surface area contributed by atoms with E-state index in [-0.39, 0.29) is 17.9 Å². The van der Waals surface area contributed by atoms with Gasteiger partial charge in [-0.25, -0.2) is 4.79 Å². The van der Waals surface area contributed by atoms with Crippen molar-refractivity contribution in [1.29, 1.82) is 0 Å². The predicted molar refractivity (Wildman–Crippen MR) is 119 cm³/mol. The zero-order chi connectivity index (χ0) is 23.8. The topological polar surface area (TPSA) is 119 Å². The summed E-state index contributed by atoms with van der Waals surface area (Å²) in [4.78, 5) is 40.0. The zero-order valence-corrected chi connectivity index (χ0v) is 19.4. The first-order valence-electron chi connectivity index (χ1n) is 10.5. The van der Waals surface area contributed by atoms with E-state index < -0.39 is 17.8 Å². The molecule has 2 amide bonds. The van der Waals surface area contributed by atoms with Gasteiger partial charge in [0.1, 0.15) is 5.69 Å². The van der Waals surface area contributed by atoms with Crippen molar-refractivity contribution in [3.8, 4) is 11.5 Å². The summed E-state index contributed by atoms with van der Waals surface area (Å²) >= 11 is 0. The summed E-state index contributed by atoms with van der Waals surface area (Å²) in [6.45, 7) is 9.99. The lowest BCUT2D eigenvalue weighted by Gasteiger charge is -2.13. The molecule has 0 radical (unpaired) electrons. The molecule has 2 rings (SSSR count). The maximum atomic E-state index is 12.5. The second-order valence-corrected chi connectivity index (χ2v) is 7.65. The highest BCUT2D eigenvalue weighted by Gasteiger charge is 2.23. The van der Waals surface area contributed by atoms with Crippen LogP contribution in [-0.4, -0.2) is 43.1 Å². The molecule has 0 aliphatic rings. The largest absolute Gasteiger partial charge is 0.493 e. The fourth-order valence-corrected chi connectivity index (χ4v) is 3.07. The minimum absolute atomic E-state index is 0.164. The number of hydrogen-bond acceptors (Lipinski definition) is 6. The van der Waals surface area contributed by atoms with Gasteiger partial charge in [0.05, 0.1) is 25.9 Å². The van der Waals surface area contributed by atoms with Gasteiger partial charge in [0.2, 0.25) is 0 Å². The third-order valence-electron chi connectivity index (χ3n) is 4.81. The lowest BCUT2D eigenvalue weighted by atomic mass is 10.1. The molecule has 0 aliphatic carbocycles. The average molecular weight is 446 g/mol. The molecule has 0 fully saturated rings. The smallest absolute Gasteiger partial charge is 0.340 e. The summed E-state index contributed by atoms with van der Waals surface area (Å²) in [6.07, 6.45) is 0.896. The lowest BCUT2D eigenvalue weighted by molar-refractivity contribution is 0.0524. The summed E-state index contributed by atoms with van der Waals surface area (Å²) in [5.74, 6) is -0.160. The number of amides is 2. The Hall–Kier alpha value is -3.49. The fourth-order valence-electron chi connectivity index (χ4n) is 3.07. The summed E-state index contributed by atoms with van der Waals surface area (Å²) in [6, 6.07) is 4.77. The second kappa shape index (κ2) is 11.2. The fraction of sp³-hybridized carbons (Fsp3) is 0.435. The van der Waals surface area contributed by atoms with Crippen LogP contribution in [0.4, 0.5) is 0 Å². The number of hydrazine groups is 1. The lowest BCUT2D eigenvalue weighted by Crippen LogP contribution is -2.42. The van der Waals surface area contributed by atoms with E-state index in [1.54, 1.807) is 32.9 Å². The molecular weight excluding hydrogens is 414 g/mol. The number of carbonyl (C=O) groups is 3. The number of aryl methyl sites for hydroxylation is 1. The van der Waals surface area contributed by atoms with Crippen molar-refractivity contribution in [2.24, 2.45) is 5.92 Å². The Bertz CT molecular complexity index is 980. The monoisotopic (exact) mass is 445 g/mol. The molecule has 0 spiro atoms. The van der Waals surface area contributed by atoms with Gasteiger partial charge in [-0.1, -0.05) is 13.8 Å². The maximum Gasteiger partial charge on any atom is 0.340 e. The van der Waals surface area contributed by atoms with Gasteiger partial charge >= 0.3 is 5.97 Å². The third kappa shape index (κ3) is 6.03. The molecule has 0 saturated heterocycles. The Morgan fingerprint density at radius 2 is 1.75 bits per heavy atom. The van der Waals surface area contributed by atoms with Gasteiger partial charge in [-0.3, -0.25) is 20.4 Å². The van der Waals surface area contributed by atoms with Gasteiger partial charge in [0.15, 0.2) is 11.5 Å². The van der Waals surface area contributed by atoms with Crippen molar-refractivity contribution < 1.29 is 28.6 Å². The van der Waals surface area contributed by atoms with Gasteiger partial charge in [-0.05, 0) is 56.9 Å². The van der Waals surface area contributed by atoms with Gasteiger partial charge in [0, 0.05) is 11.3 Å². The normalized spacial score (nSPS) is 10.6. The number of nitrogens with one attached hydrogen (secondary N) is 3. The number of methoxy groups -OCH3 is 1. The molecule has 9 nitrogen and oxygen atoms in total. The molecule has 0 atom stereocenters. The van der Waals surface area contributed by atoms with E-state index in [0.717, 1.165) is 6.42 Å². The molecule has 0 bridgehead atoms. The van der Waals surface area contributed by atoms with Crippen molar-refractivity contribution in [3.63, 3.8) is 0 Å². The number of rotatable bonds is 9. The third-order valence-corrected chi connectivity index (χ3v) is 4.81. The summed E-state index contributed by atoms with van der Waals surface area (Å²) in [5.41, 5.74) is 6.42. The molecule has 174 valence electrons. The van der Waals surface area contributed by atoms with Crippen LogP contribution < -0.4 is 20.3 Å². The minimum atomic E-state index is -0.588. The van der Waals surface area contributed by atoms with E-state index in [0.29, 0.717) is 40.8 Å². The Morgan fingerprint density at radius 3 is 2.38 bits per heavy atom. The van der Waals surface area contributed by atoms with Crippen LogP contribution in [0.15, 0.2) is 18.2 Å². The molecule has 1 heterocycles. The molecule has 0 aliphatic heterocycles. The van der Waals surface area contributed by atoms with Crippen molar-refractivity contribution in [2.45, 2.75) is 41.0 Å². The number of aromatic nitrogens is 1. The Labute approximate surface area is 187 Å². The van der Waals surface area contributed by atoms with Crippen LogP contribution in [0, 0.1) is 19.8 Å². The Balaban J connectivity index is 2.05. The number of esters is 1. The van der Waals surface area contributed by atoms with E-state index in [9.17, 15) is 14.4 Å². The first kappa shape index (κ1) is 24.8. The predicted octanol–water partition coefficient (Wildman–Crippen LogP) is 3.32. The van der Waals surface area contributed by atoms with E-state index in [4.69, 9.17) is 14.2 Å². The van der Waals surface area contributed by atoms with Crippen LogP contribution >= 0.6 is 0 Å². The SMILES string of the molecule is CCOC(=O)c1c(C)[nH]c(C(=O)NNC(=O)c2ccc(OCCC(C)C)c(OC)c2)c1C. The molecule has 3 N–H and O–H groups in total. The van der Waals surface area contributed by atoms with Gasteiger partial charge in [-0.2, -0.15) is 0 Å². The van der Waals surface area contributed by atoms with Crippen LogP contribution in [0.3, 0.4) is 0 Å². The van der Waals surface area contributed by atoms with E-state index >= 15 is 0 Å². The first-order valence-corrected chi connectivity index (χ1v) is 10.5. The van der Waals surface area contributed by atoms with E-state index in [1.807, 2.05) is 0 Å². The van der Waals surface area contributed by atoms with E-state index in [1.165, 1.54) is 13.2 Å². The summed E-state index contributed by atoms with van der Waals surface area (Å²) < 4.78 is 16.1. The van der Waals surface area contributed by atoms with Crippen molar-refractivity contribution in [2.75, 3.05) is 20.3 Å². The van der Waals surface area contributed by atoms with Gasteiger partial charge in [-0.15, -0.1) is 0 Å². The molecule has 1 aromatic heterocycles. The number of H-pyrrole nitrogens is 1. The highest BCUT2D eigenvalue weighted by atomic mass is 16.5. The van der Waals surface area contributed by atoms with Crippen LogP contribution in [-0.2, 0) is 4.74 Å². The number of carbonyl (C=O) groups excluding carboxylic acids is 3. The minimum Gasteiger partial charge on any atom is -0.493 e. The molecule has 9 heteroatoms. The number of ether oxygens (including phenoxy) is 3. The second-order valence-electron chi connectivity index (χ2n) is 7.65. The number of aromatic amines is 1. The molecule has 1 aromatic carbocycles. The van der Waals surface area contributed by atoms with Crippen molar-refractivity contribution >= 4 is 17.8 Å². The van der Waals surface area contributed by atoms with Crippen molar-refractivity contribution in [1.82, 2.24) is 15.8 Å². The average Bonchev–Trinajstić information content (AvgIpc) is 3.05. The van der Waals surface area contributed by atoms with Crippen LogP contribution in [0.25, 0.3) is 0 Å². The Kier molecular flexibility index (Phi) is 8.69. The van der Waals surface area contributed by atoms with Crippen LogP contribution in [0.1, 0.15) is 69.7 Å². The van der Waals surface area contributed by atoms with Crippen LogP contribution in [0.5, 0.6) is 11.5 Å². The first-order chi connectivity index (χ1) is 15.2. The van der Waals surface area contributed by atoms with Crippen molar-refractivity contribution in [3.05, 3.63) is 46.3 Å². The highest BCUT2D eigenvalue weighted by Crippen LogP contribution is 2.28. The quantitative estimate of drug-likeness (QED) is 0.402. The number of benzene rings is 1. The summed E-state index contributed by atoms with van der Waals surface area (Å²) in [7, 11) is 1.49. The molecular formula is C23H31N3O6. The van der Waals surface area contributed by atoms with Gasteiger partial charge < -0.3 is 19.2 Å². The van der Waals surface area contributed by atoms with Crippen LogP contribution in [0.2, 0.25) is 0 Å². The maximum absolute atomic E-state index is 12.5. The molecule has 0 unspecified atom stereocenters. The Morgan fingerprint density at radius 1 is 1.06 bits per heavy atom. The highest BCUT2D eigenvalue weighted by molar-refractivity contribution is 6.02. The number of hydrogen-bond donors (Lipinski definition) is 3. The van der Waals surface area contributed by atoms with Gasteiger partial charge in [0.25, 0.3) is 11.8 Å². The zero-order valence-electron chi connectivity index (χ0n) is 19.4. The van der Waals surface area contributed by atoms with E-state index in [2.05, 4.69) is 29.7 Å².